The molecule has 0 bridgehead atoms. The zero-order chi connectivity index (χ0) is 13.7. The summed E-state index contributed by atoms with van der Waals surface area (Å²) in [5, 5.41) is 10.3. The molecule has 0 fully saturated rings. The molecule has 0 aromatic heterocycles. The van der Waals surface area contributed by atoms with Gasteiger partial charge in [0.05, 0.1) is 0 Å². The smallest absolute Gasteiger partial charge is 0.115 e. The quantitative estimate of drug-likeness (QED) is 0.724. The van der Waals surface area contributed by atoms with Crippen LogP contribution in [0.1, 0.15) is 11.1 Å². The first kappa shape index (κ1) is 14.6. The lowest BCUT2D eigenvalue weighted by atomic mass is 9.94. The largest absolute Gasteiger partial charge is 0.508 e. The number of aromatic hydroxyl groups is 1. The first-order valence-corrected chi connectivity index (χ1v) is 8.17. The van der Waals surface area contributed by atoms with Gasteiger partial charge in [-0.05, 0) is 48.1 Å². The van der Waals surface area contributed by atoms with E-state index in [9.17, 15) is 5.11 Å². The minimum atomic E-state index is 0.324. The minimum absolute atomic E-state index is 0.324. The number of hydrogen-bond acceptors (Lipinski definition) is 1. The molecule has 0 aliphatic rings. The molecule has 0 radical (unpaired) electrons. The van der Waals surface area contributed by atoms with E-state index >= 15 is 0 Å². The van der Waals surface area contributed by atoms with Gasteiger partial charge in [0.1, 0.15) is 5.75 Å². The van der Waals surface area contributed by atoms with Crippen molar-refractivity contribution in [1.29, 1.82) is 0 Å². The number of phenolic OH excluding ortho intramolecular Hbond substituents is 1. The second kappa shape index (κ2) is 7.11. The van der Waals surface area contributed by atoms with Crippen LogP contribution in [-0.2, 0) is 12.8 Å². The minimum Gasteiger partial charge on any atom is -0.508 e. The number of rotatable bonds is 5. The molecule has 1 nitrogen and oxygen atoms in total. The van der Waals surface area contributed by atoms with Gasteiger partial charge >= 0.3 is 0 Å². The van der Waals surface area contributed by atoms with Crippen molar-refractivity contribution in [2.45, 2.75) is 12.8 Å². The van der Waals surface area contributed by atoms with E-state index in [1.165, 1.54) is 15.6 Å². The first-order valence-electron chi connectivity index (χ1n) is 6.26. The third-order valence-corrected chi connectivity index (χ3v) is 4.83. The molecule has 0 aliphatic carbocycles. The molecule has 0 saturated carbocycles. The average molecular weight is 384 g/mol. The average Bonchev–Trinajstić information content (AvgIpc) is 2.43. The van der Waals surface area contributed by atoms with Crippen molar-refractivity contribution in [3.63, 3.8) is 0 Å². The molecule has 19 heavy (non-hydrogen) atoms. The van der Waals surface area contributed by atoms with Gasteiger partial charge in [-0.15, -0.1) is 0 Å². The number of phenols is 1. The van der Waals surface area contributed by atoms with Crippen molar-refractivity contribution < 1.29 is 5.11 Å². The zero-order valence-electron chi connectivity index (χ0n) is 10.5. The van der Waals surface area contributed by atoms with Gasteiger partial charge in [-0.3, -0.25) is 0 Å². The molecule has 2 aromatic rings. The second-order valence-corrected chi connectivity index (χ2v) is 6.19. The van der Waals surface area contributed by atoms with E-state index in [0.717, 1.165) is 18.2 Å². The van der Waals surface area contributed by atoms with Crippen LogP contribution in [0.3, 0.4) is 0 Å². The molecular formula is C16H16Br2O. The summed E-state index contributed by atoms with van der Waals surface area (Å²) in [5.41, 5.74) is 2.60. The van der Waals surface area contributed by atoms with Gasteiger partial charge in [0.2, 0.25) is 0 Å². The summed E-state index contributed by atoms with van der Waals surface area (Å²) >= 11 is 7.21. The standard InChI is InChI=1S/C16H16Br2O/c17-11-13(9-12-5-7-15(19)8-6-12)10-14-3-1-2-4-16(14)18/h1-8,13,19H,9-11H2. The van der Waals surface area contributed by atoms with E-state index in [0.29, 0.717) is 11.7 Å². The van der Waals surface area contributed by atoms with Gasteiger partial charge in [0.25, 0.3) is 0 Å². The highest BCUT2D eigenvalue weighted by Gasteiger charge is 2.11. The number of hydrogen-bond donors (Lipinski definition) is 1. The van der Waals surface area contributed by atoms with Crippen LogP contribution in [0.15, 0.2) is 53.0 Å². The van der Waals surface area contributed by atoms with Crippen LogP contribution >= 0.6 is 31.9 Å². The Bertz CT molecular complexity index is 523. The molecule has 0 saturated heterocycles. The molecule has 0 aliphatic heterocycles. The highest BCUT2D eigenvalue weighted by Crippen LogP contribution is 2.23. The van der Waals surface area contributed by atoms with E-state index in [1.807, 2.05) is 18.2 Å². The second-order valence-electron chi connectivity index (χ2n) is 4.69. The summed E-state index contributed by atoms with van der Waals surface area (Å²) in [6, 6.07) is 15.8. The molecule has 1 N–H and O–H groups in total. The van der Waals surface area contributed by atoms with Crippen molar-refractivity contribution in [2.75, 3.05) is 5.33 Å². The van der Waals surface area contributed by atoms with Crippen molar-refractivity contribution in [3.05, 3.63) is 64.1 Å². The molecular weight excluding hydrogens is 368 g/mol. The van der Waals surface area contributed by atoms with Crippen LogP contribution in [0.4, 0.5) is 0 Å². The third kappa shape index (κ3) is 4.36. The number of alkyl halides is 1. The molecule has 0 spiro atoms. The predicted octanol–water partition coefficient (Wildman–Crippen LogP) is 4.95. The van der Waals surface area contributed by atoms with Crippen molar-refractivity contribution in [2.24, 2.45) is 5.92 Å². The third-order valence-electron chi connectivity index (χ3n) is 3.15. The Labute approximate surface area is 130 Å². The summed E-state index contributed by atoms with van der Waals surface area (Å²) in [7, 11) is 0. The van der Waals surface area contributed by atoms with Crippen molar-refractivity contribution >= 4 is 31.9 Å². The van der Waals surface area contributed by atoms with Crippen LogP contribution in [0.5, 0.6) is 5.75 Å². The summed E-state index contributed by atoms with van der Waals surface area (Å²) in [6.45, 7) is 0. The summed E-state index contributed by atoms with van der Waals surface area (Å²) in [4.78, 5) is 0. The SMILES string of the molecule is Oc1ccc(CC(CBr)Cc2ccccc2Br)cc1. The Balaban J connectivity index is 2.05. The molecule has 2 rings (SSSR count). The zero-order valence-corrected chi connectivity index (χ0v) is 13.7. The van der Waals surface area contributed by atoms with Gasteiger partial charge in [0, 0.05) is 9.80 Å². The van der Waals surface area contributed by atoms with E-state index in [4.69, 9.17) is 0 Å². The summed E-state index contributed by atoms with van der Waals surface area (Å²) in [6.07, 6.45) is 2.04. The van der Waals surface area contributed by atoms with Crippen molar-refractivity contribution in [3.8, 4) is 5.75 Å². The van der Waals surface area contributed by atoms with Crippen LogP contribution in [0, 0.1) is 5.92 Å². The van der Waals surface area contributed by atoms with Gasteiger partial charge in [-0.2, -0.15) is 0 Å². The first-order chi connectivity index (χ1) is 9.19. The normalized spacial score (nSPS) is 12.3. The number of benzene rings is 2. The predicted molar refractivity (Wildman–Crippen MR) is 86.9 cm³/mol. The van der Waals surface area contributed by atoms with Gasteiger partial charge in [-0.1, -0.05) is 62.2 Å². The topological polar surface area (TPSA) is 20.2 Å². The molecule has 2 aromatic carbocycles. The lowest BCUT2D eigenvalue weighted by Crippen LogP contribution is -2.10. The maximum Gasteiger partial charge on any atom is 0.115 e. The molecule has 1 unspecified atom stereocenters. The molecule has 3 heteroatoms. The Morgan fingerprint density at radius 1 is 0.947 bits per heavy atom. The lowest BCUT2D eigenvalue weighted by Gasteiger charge is -2.15. The van der Waals surface area contributed by atoms with Gasteiger partial charge < -0.3 is 5.11 Å². The fourth-order valence-corrected chi connectivity index (χ4v) is 3.03. The Morgan fingerprint density at radius 3 is 2.26 bits per heavy atom. The fraction of sp³-hybridized carbons (Fsp3) is 0.250. The van der Waals surface area contributed by atoms with E-state index in [-0.39, 0.29) is 0 Å². The Hall–Kier alpha value is -0.800. The van der Waals surface area contributed by atoms with Crippen molar-refractivity contribution in [1.82, 2.24) is 0 Å². The lowest BCUT2D eigenvalue weighted by molar-refractivity contribution is 0.474. The Kier molecular flexibility index (Phi) is 5.46. The van der Waals surface area contributed by atoms with E-state index in [1.54, 1.807) is 12.1 Å². The summed E-state index contributed by atoms with van der Waals surface area (Å²) in [5.74, 6) is 0.869. The molecule has 0 heterocycles. The Morgan fingerprint density at radius 2 is 1.63 bits per heavy atom. The van der Waals surface area contributed by atoms with Crippen LogP contribution < -0.4 is 0 Å². The highest BCUT2D eigenvalue weighted by molar-refractivity contribution is 9.10. The van der Waals surface area contributed by atoms with Crippen LogP contribution in [-0.4, -0.2) is 10.4 Å². The fourth-order valence-electron chi connectivity index (χ4n) is 2.12. The van der Waals surface area contributed by atoms with E-state index in [2.05, 4.69) is 50.1 Å². The molecule has 0 amide bonds. The molecule has 1 atom stereocenters. The van der Waals surface area contributed by atoms with Crippen LogP contribution in [0.25, 0.3) is 0 Å². The van der Waals surface area contributed by atoms with E-state index < -0.39 is 0 Å². The maximum atomic E-state index is 9.30. The van der Waals surface area contributed by atoms with Gasteiger partial charge in [0.15, 0.2) is 0 Å². The monoisotopic (exact) mass is 382 g/mol. The highest BCUT2D eigenvalue weighted by atomic mass is 79.9. The maximum absolute atomic E-state index is 9.30. The summed E-state index contributed by atoms with van der Waals surface area (Å²) < 4.78 is 1.17. The van der Waals surface area contributed by atoms with Gasteiger partial charge in [-0.25, -0.2) is 0 Å². The van der Waals surface area contributed by atoms with Crippen LogP contribution in [0.2, 0.25) is 0 Å². The number of halogens is 2. The molecule has 100 valence electrons.